The van der Waals surface area contributed by atoms with Crippen LogP contribution >= 0.6 is 0 Å². The van der Waals surface area contributed by atoms with Gasteiger partial charge in [0.1, 0.15) is 6.04 Å². The Balaban J connectivity index is 0.000000751. The van der Waals surface area contributed by atoms with Crippen LogP contribution in [-0.4, -0.2) is 29.6 Å². The minimum Gasteiger partial charge on any atom is -0.480 e. The molecule has 6 heteroatoms. The maximum atomic E-state index is 11.5. The summed E-state index contributed by atoms with van der Waals surface area (Å²) in [6.45, 7) is 0.561. The maximum absolute atomic E-state index is 11.5. The Kier molecular flexibility index (Phi) is 14.4. The van der Waals surface area contributed by atoms with Gasteiger partial charge in [-0.1, -0.05) is 0 Å². The summed E-state index contributed by atoms with van der Waals surface area (Å²) in [5, 5.41) is 11.4. The molecule has 0 aliphatic heterocycles. The zero-order chi connectivity index (χ0) is 16.9. The van der Waals surface area contributed by atoms with Crippen molar-refractivity contribution in [2.24, 2.45) is 5.73 Å². The molecule has 0 aromatic heterocycles. The van der Waals surface area contributed by atoms with E-state index in [1.807, 2.05) is 57.8 Å². The van der Waals surface area contributed by atoms with Crippen LogP contribution in [0.5, 0.6) is 0 Å². The first-order chi connectivity index (χ1) is 11.1. The van der Waals surface area contributed by atoms with E-state index >= 15 is 0 Å². The Hall–Kier alpha value is -0.581. The number of hydrogen-bond acceptors (Lipinski definition) is 3. The topological polar surface area (TPSA) is 92.4 Å². The molecule has 130 valence electrons. The van der Waals surface area contributed by atoms with Gasteiger partial charge in [-0.3, -0.25) is 9.59 Å². The van der Waals surface area contributed by atoms with Gasteiger partial charge < -0.3 is 16.2 Å². The molecule has 0 spiro atoms. The molecule has 2 aliphatic carbocycles. The van der Waals surface area contributed by atoms with Gasteiger partial charge in [-0.2, -0.15) is 0 Å². The van der Waals surface area contributed by atoms with Crippen LogP contribution in [0.2, 0.25) is 0 Å². The number of nitrogens with two attached hydrogens (primary N) is 1. The van der Waals surface area contributed by atoms with E-state index in [9.17, 15) is 9.59 Å². The van der Waals surface area contributed by atoms with E-state index < -0.39 is 12.0 Å². The Morgan fingerprint density at radius 1 is 1.00 bits per heavy atom. The Labute approximate surface area is 157 Å². The number of carboxylic acids is 1. The van der Waals surface area contributed by atoms with E-state index in [0.717, 1.165) is 12.3 Å². The van der Waals surface area contributed by atoms with Gasteiger partial charge in [0.2, 0.25) is 5.91 Å². The van der Waals surface area contributed by atoms with Gasteiger partial charge >= 0.3 is 23.0 Å². The first kappa shape index (κ1) is 23.4. The number of rotatable bonds is 8. The molecule has 0 aromatic carbocycles. The predicted octanol–water partition coefficient (Wildman–Crippen LogP) is 1.50. The van der Waals surface area contributed by atoms with Gasteiger partial charge in [-0.05, 0) is 83.0 Å². The fourth-order valence-electron chi connectivity index (χ4n) is 1.94. The summed E-state index contributed by atoms with van der Waals surface area (Å²) in [6, 6.07) is -0.801. The van der Waals surface area contributed by atoms with Gasteiger partial charge in [0.25, 0.3) is 0 Å². The van der Waals surface area contributed by atoms with E-state index in [-0.39, 0.29) is 23.0 Å². The van der Waals surface area contributed by atoms with Gasteiger partial charge in [-0.15, -0.1) is 0 Å². The third kappa shape index (κ3) is 11.9. The Morgan fingerprint density at radius 2 is 1.54 bits per heavy atom. The smallest absolute Gasteiger partial charge is 0.480 e. The zero-order valence-electron chi connectivity index (χ0n) is 13.5. The summed E-state index contributed by atoms with van der Waals surface area (Å²) in [4.78, 5) is 21.9. The van der Waals surface area contributed by atoms with Crippen LogP contribution in [0.25, 0.3) is 0 Å². The van der Waals surface area contributed by atoms with Crippen molar-refractivity contribution < 1.29 is 31.8 Å². The first-order valence-corrected chi connectivity index (χ1v) is 7.72. The Bertz CT molecular complexity index is 336. The van der Waals surface area contributed by atoms with Crippen molar-refractivity contribution in [1.82, 2.24) is 5.32 Å². The molecular formula is C18H24FeN2O3+2. The minimum absolute atomic E-state index is 0. The number of amides is 1. The molecule has 0 bridgehead atoms. The predicted molar refractivity (Wildman–Crippen MR) is 89.0 cm³/mol. The number of carbonyl (C=O) groups is 2. The molecule has 0 heterocycles. The van der Waals surface area contributed by atoms with E-state index in [1.54, 1.807) is 0 Å². The average Bonchev–Trinajstić information content (AvgIpc) is 3.22. The molecule has 4 N–H and O–H groups in total. The molecule has 0 saturated heterocycles. The van der Waals surface area contributed by atoms with Crippen molar-refractivity contribution in [2.45, 2.75) is 31.7 Å². The summed E-state index contributed by atoms with van der Waals surface area (Å²) < 4.78 is 0. The standard InChI is InChI=1S/C13H19N2O3.C5H5.Fe/c14-11(13(17)18)7-3-4-8-15-12(16)9-10-5-1-2-6-10;1-2-4-5-3-1;/h1-2,5-6,11H,3-4,7-9,14H2,(H,15,16)(H,17,18);1-5H;/q;;+2/t11-;;/m0../s1. The van der Waals surface area contributed by atoms with Gasteiger partial charge in [-0.25, -0.2) is 0 Å². The second kappa shape index (κ2) is 14.7. The Morgan fingerprint density at radius 3 is 2.04 bits per heavy atom. The second-order valence-corrected chi connectivity index (χ2v) is 5.22. The number of aliphatic carboxylic acids is 1. The fraction of sp³-hybridized carbons (Fsp3) is 0.333. The molecule has 2 aliphatic rings. The summed E-state index contributed by atoms with van der Waals surface area (Å²) in [5.74, 6) is 0.0133. The maximum Gasteiger partial charge on any atom is 2.00 e. The molecule has 2 fully saturated rings. The van der Waals surface area contributed by atoms with E-state index in [4.69, 9.17) is 10.8 Å². The molecule has 1 atom stereocenters. The number of carbonyl (C=O) groups excluding carboxylic acids is 1. The molecule has 24 heavy (non-hydrogen) atoms. The van der Waals surface area contributed by atoms with Crippen LogP contribution < -0.4 is 11.1 Å². The molecular weight excluding hydrogens is 348 g/mol. The third-order valence-electron chi connectivity index (χ3n) is 3.23. The van der Waals surface area contributed by atoms with E-state index in [2.05, 4.69) is 5.32 Å². The third-order valence-corrected chi connectivity index (χ3v) is 3.23. The van der Waals surface area contributed by atoms with Crippen LogP contribution in [-0.2, 0) is 26.7 Å². The van der Waals surface area contributed by atoms with Crippen LogP contribution in [0.3, 0.4) is 0 Å². The SMILES string of the molecule is N[C@@H](CCCCNC(=O)C[C]1[CH][CH][CH][CH]1)C(=O)O.[CH]1[CH][CH][CH][CH]1.[Fe+2]. The van der Waals surface area contributed by atoms with Gasteiger partial charge in [0.05, 0.1) is 0 Å². The van der Waals surface area contributed by atoms with Gasteiger partial charge in [0, 0.05) is 13.0 Å². The normalized spacial score (nSPS) is 18.2. The minimum atomic E-state index is -0.977. The molecule has 0 aromatic rings. The van der Waals surface area contributed by atoms with E-state index in [0.29, 0.717) is 25.8 Å². The van der Waals surface area contributed by atoms with E-state index in [1.165, 1.54) is 0 Å². The molecule has 10 radical (unpaired) electrons. The van der Waals surface area contributed by atoms with Crippen LogP contribution in [0, 0.1) is 63.7 Å². The molecule has 1 amide bonds. The largest absolute Gasteiger partial charge is 2.00 e. The van der Waals surface area contributed by atoms with Crippen LogP contribution in [0.4, 0.5) is 0 Å². The first-order valence-electron chi connectivity index (χ1n) is 7.72. The molecule has 5 nitrogen and oxygen atoms in total. The van der Waals surface area contributed by atoms with Crippen molar-refractivity contribution in [3.63, 3.8) is 0 Å². The summed E-state index contributed by atoms with van der Waals surface area (Å²) >= 11 is 0. The summed E-state index contributed by atoms with van der Waals surface area (Å²) in [5.41, 5.74) is 5.36. The van der Waals surface area contributed by atoms with Crippen LogP contribution in [0.1, 0.15) is 25.7 Å². The van der Waals surface area contributed by atoms with Crippen molar-refractivity contribution in [2.75, 3.05) is 6.54 Å². The van der Waals surface area contributed by atoms with Gasteiger partial charge in [0.15, 0.2) is 0 Å². The van der Waals surface area contributed by atoms with Crippen molar-refractivity contribution in [3.05, 3.63) is 63.7 Å². The molecule has 2 rings (SSSR count). The van der Waals surface area contributed by atoms with Crippen molar-refractivity contribution in [3.8, 4) is 0 Å². The average molecular weight is 372 g/mol. The summed E-state index contributed by atoms with van der Waals surface area (Å²) in [6.07, 6.45) is 19.9. The number of carboxylic acid groups (broad SMARTS) is 1. The van der Waals surface area contributed by atoms with Crippen molar-refractivity contribution >= 4 is 11.9 Å². The zero-order valence-corrected chi connectivity index (χ0v) is 14.6. The number of unbranched alkanes of at least 4 members (excludes halogenated alkanes) is 1. The molecule has 0 unspecified atom stereocenters. The second-order valence-electron chi connectivity index (χ2n) is 5.22. The monoisotopic (exact) mass is 372 g/mol. The van der Waals surface area contributed by atoms with Crippen LogP contribution in [0.15, 0.2) is 0 Å². The molecule has 2 saturated carbocycles. The van der Waals surface area contributed by atoms with Crippen molar-refractivity contribution in [1.29, 1.82) is 0 Å². The number of nitrogens with one attached hydrogen (secondary N) is 1. The number of hydrogen-bond donors (Lipinski definition) is 3. The quantitative estimate of drug-likeness (QED) is 0.445. The fourth-order valence-corrected chi connectivity index (χ4v) is 1.94. The summed E-state index contributed by atoms with van der Waals surface area (Å²) in [7, 11) is 0.